The van der Waals surface area contributed by atoms with E-state index in [1.165, 1.54) is 0 Å². The van der Waals surface area contributed by atoms with Gasteiger partial charge >= 0.3 is 0 Å². The molecular weight excluding hydrogens is 210 g/mol. The van der Waals surface area contributed by atoms with Crippen molar-refractivity contribution in [2.75, 3.05) is 0 Å². The summed E-state index contributed by atoms with van der Waals surface area (Å²) in [4.78, 5) is 33.7. The van der Waals surface area contributed by atoms with Gasteiger partial charge < -0.3 is 16.4 Å². The van der Waals surface area contributed by atoms with Crippen LogP contribution in [0, 0.1) is 5.92 Å². The van der Waals surface area contributed by atoms with Gasteiger partial charge in [-0.3, -0.25) is 14.4 Å². The van der Waals surface area contributed by atoms with Crippen LogP contribution in [-0.2, 0) is 14.4 Å². The Kier molecular flexibility index (Phi) is 3.87. The van der Waals surface area contributed by atoms with Crippen molar-refractivity contribution in [2.45, 2.75) is 38.8 Å². The van der Waals surface area contributed by atoms with Crippen LogP contribution >= 0.6 is 0 Å². The summed E-state index contributed by atoms with van der Waals surface area (Å²) < 4.78 is 0. The van der Waals surface area contributed by atoms with Gasteiger partial charge in [0.25, 0.3) is 0 Å². The second-order valence-electron chi connectivity index (χ2n) is 4.29. The number of carbonyl (C=O) groups excluding carboxylic acids is 3. The van der Waals surface area contributed by atoms with Crippen molar-refractivity contribution < 1.29 is 14.4 Å². The molecule has 6 heteroatoms. The summed E-state index contributed by atoms with van der Waals surface area (Å²) in [6.45, 7) is 3.59. The highest BCUT2D eigenvalue weighted by molar-refractivity contribution is 5.93. The molecule has 0 bridgehead atoms. The summed E-state index contributed by atoms with van der Waals surface area (Å²) >= 11 is 0. The van der Waals surface area contributed by atoms with E-state index in [1.54, 1.807) is 13.8 Å². The maximum Gasteiger partial charge on any atom is 0.243 e. The van der Waals surface area contributed by atoms with Gasteiger partial charge in [0.1, 0.15) is 12.1 Å². The Balaban J connectivity index is 2.55. The Morgan fingerprint density at radius 1 is 1.50 bits per heavy atom. The largest absolute Gasteiger partial charge is 0.368 e. The molecule has 0 aromatic carbocycles. The first kappa shape index (κ1) is 12.5. The van der Waals surface area contributed by atoms with E-state index in [1.807, 2.05) is 0 Å². The van der Waals surface area contributed by atoms with Gasteiger partial charge in [-0.25, -0.2) is 0 Å². The summed E-state index contributed by atoms with van der Waals surface area (Å²) in [6, 6.07) is -1.22. The van der Waals surface area contributed by atoms with Crippen LogP contribution in [0.4, 0.5) is 0 Å². The molecule has 0 aromatic rings. The lowest BCUT2D eigenvalue weighted by Crippen LogP contribution is -2.52. The first-order valence-electron chi connectivity index (χ1n) is 5.31. The van der Waals surface area contributed by atoms with Gasteiger partial charge in [-0.1, -0.05) is 13.8 Å². The van der Waals surface area contributed by atoms with Crippen molar-refractivity contribution in [2.24, 2.45) is 11.7 Å². The monoisotopic (exact) mass is 227 g/mol. The molecule has 1 heterocycles. The number of hydrogen-bond acceptors (Lipinski definition) is 3. The van der Waals surface area contributed by atoms with Crippen molar-refractivity contribution in [3.8, 4) is 0 Å². The molecular formula is C10H17N3O3. The van der Waals surface area contributed by atoms with E-state index in [0.717, 1.165) is 0 Å². The number of amides is 3. The van der Waals surface area contributed by atoms with Crippen molar-refractivity contribution in [1.29, 1.82) is 0 Å². The van der Waals surface area contributed by atoms with Gasteiger partial charge in [0.05, 0.1) is 0 Å². The van der Waals surface area contributed by atoms with Crippen LogP contribution in [0.1, 0.15) is 26.7 Å². The third-order valence-electron chi connectivity index (χ3n) is 2.58. The van der Waals surface area contributed by atoms with E-state index in [-0.39, 0.29) is 17.7 Å². The fourth-order valence-corrected chi connectivity index (χ4v) is 1.63. The zero-order valence-corrected chi connectivity index (χ0v) is 9.45. The quantitative estimate of drug-likeness (QED) is 0.567. The van der Waals surface area contributed by atoms with Crippen LogP contribution in [0.15, 0.2) is 0 Å². The van der Waals surface area contributed by atoms with Crippen LogP contribution in [0.3, 0.4) is 0 Å². The van der Waals surface area contributed by atoms with E-state index < -0.39 is 18.0 Å². The fraction of sp³-hybridized carbons (Fsp3) is 0.700. The van der Waals surface area contributed by atoms with Crippen LogP contribution < -0.4 is 16.4 Å². The minimum Gasteiger partial charge on any atom is -0.368 e. The second-order valence-corrected chi connectivity index (χ2v) is 4.29. The molecule has 0 unspecified atom stereocenters. The first-order chi connectivity index (χ1) is 7.41. The molecule has 1 rings (SSSR count). The molecule has 4 N–H and O–H groups in total. The molecule has 3 amide bonds. The summed E-state index contributed by atoms with van der Waals surface area (Å²) in [5.41, 5.74) is 5.17. The Morgan fingerprint density at radius 2 is 2.12 bits per heavy atom. The molecule has 1 aliphatic rings. The van der Waals surface area contributed by atoms with E-state index in [4.69, 9.17) is 5.73 Å². The second kappa shape index (κ2) is 4.96. The van der Waals surface area contributed by atoms with Gasteiger partial charge in [0.2, 0.25) is 17.7 Å². The molecule has 16 heavy (non-hydrogen) atoms. The molecule has 90 valence electrons. The number of nitrogens with two attached hydrogens (primary N) is 1. The predicted octanol–water partition coefficient (Wildman–Crippen LogP) is -1.11. The Bertz CT molecular complexity index is 314. The molecule has 0 spiro atoms. The average molecular weight is 227 g/mol. The number of rotatable bonds is 4. The third kappa shape index (κ3) is 2.95. The minimum atomic E-state index is -0.690. The molecule has 0 aromatic heterocycles. The summed E-state index contributed by atoms with van der Waals surface area (Å²) in [5, 5.41) is 5.08. The van der Waals surface area contributed by atoms with Gasteiger partial charge in [-0.2, -0.15) is 0 Å². The lowest BCUT2D eigenvalue weighted by atomic mass is 10.0. The molecule has 2 atom stereocenters. The van der Waals surface area contributed by atoms with Crippen molar-refractivity contribution in [1.82, 2.24) is 10.6 Å². The maximum atomic E-state index is 11.7. The number of hydrogen-bond donors (Lipinski definition) is 3. The number of primary amides is 1. The lowest BCUT2D eigenvalue weighted by molar-refractivity contribution is -0.130. The Hall–Kier alpha value is -1.59. The summed E-state index contributed by atoms with van der Waals surface area (Å²) in [5.74, 6) is -1.12. The van der Waals surface area contributed by atoms with Crippen molar-refractivity contribution in [3.63, 3.8) is 0 Å². The van der Waals surface area contributed by atoms with Crippen LogP contribution in [0.25, 0.3) is 0 Å². The van der Waals surface area contributed by atoms with Gasteiger partial charge in [0, 0.05) is 6.42 Å². The highest BCUT2D eigenvalue weighted by atomic mass is 16.2. The molecule has 0 radical (unpaired) electrons. The van der Waals surface area contributed by atoms with Crippen LogP contribution in [-0.4, -0.2) is 29.8 Å². The molecule has 1 aliphatic heterocycles. The minimum absolute atomic E-state index is 0.0708. The molecule has 1 fully saturated rings. The highest BCUT2D eigenvalue weighted by Crippen LogP contribution is 2.08. The third-order valence-corrected chi connectivity index (χ3v) is 2.58. The zero-order valence-electron chi connectivity index (χ0n) is 9.45. The smallest absolute Gasteiger partial charge is 0.243 e. The van der Waals surface area contributed by atoms with E-state index in [9.17, 15) is 14.4 Å². The van der Waals surface area contributed by atoms with E-state index in [2.05, 4.69) is 10.6 Å². The van der Waals surface area contributed by atoms with E-state index >= 15 is 0 Å². The Morgan fingerprint density at radius 3 is 2.50 bits per heavy atom. The number of carbonyl (C=O) groups is 3. The van der Waals surface area contributed by atoms with Crippen molar-refractivity contribution in [3.05, 3.63) is 0 Å². The van der Waals surface area contributed by atoms with Crippen LogP contribution in [0.5, 0.6) is 0 Å². The standard InChI is InChI=1S/C10H17N3O3/c1-5(2)8(9(11)15)13-10(16)6-3-4-7(14)12-6/h5-6,8H,3-4H2,1-2H3,(H2,11,15)(H,12,14)(H,13,16)/t6-,8+/m1/s1. The molecule has 6 nitrogen and oxygen atoms in total. The van der Waals surface area contributed by atoms with Gasteiger partial charge in [-0.05, 0) is 12.3 Å². The zero-order chi connectivity index (χ0) is 12.3. The highest BCUT2D eigenvalue weighted by Gasteiger charge is 2.30. The predicted molar refractivity (Wildman–Crippen MR) is 57.1 cm³/mol. The maximum absolute atomic E-state index is 11.7. The molecule has 0 saturated carbocycles. The SMILES string of the molecule is CC(C)[C@H](NC(=O)[C@H]1CCC(=O)N1)C(N)=O. The van der Waals surface area contributed by atoms with Gasteiger partial charge in [0.15, 0.2) is 0 Å². The average Bonchev–Trinajstić information content (AvgIpc) is 2.59. The normalized spacial score (nSPS) is 21.7. The topological polar surface area (TPSA) is 101 Å². The summed E-state index contributed by atoms with van der Waals surface area (Å²) in [7, 11) is 0. The van der Waals surface area contributed by atoms with Crippen molar-refractivity contribution >= 4 is 17.7 Å². The van der Waals surface area contributed by atoms with Crippen LogP contribution in [0.2, 0.25) is 0 Å². The Labute approximate surface area is 93.9 Å². The van der Waals surface area contributed by atoms with Gasteiger partial charge in [-0.15, -0.1) is 0 Å². The lowest BCUT2D eigenvalue weighted by Gasteiger charge is -2.20. The first-order valence-corrected chi connectivity index (χ1v) is 5.31. The fourth-order valence-electron chi connectivity index (χ4n) is 1.63. The number of nitrogens with one attached hydrogen (secondary N) is 2. The summed E-state index contributed by atoms with van der Waals surface area (Å²) in [6.07, 6.45) is 0.815. The van der Waals surface area contributed by atoms with E-state index in [0.29, 0.717) is 12.8 Å². The molecule has 1 saturated heterocycles. The molecule has 0 aliphatic carbocycles.